The van der Waals surface area contributed by atoms with E-state index in [0.29, 0.717) is 25.7 Å². The Hall–Kier alpha value is -4.28. The Morgan fingerprint density at radius 2 is 1.32 bits per heavy atom. The molecule has 50 heavy (non-hydrogen) atoms. The molecule has 0 aromatic rings. The number of hydrogen-bond donors (Lipinski definition) is 7. The summed E-state index contributed by atoms with van der Waals surface area (Å²) in [6.45, 7) is 10.6. The quantitative estimate of drug-likeness (QED) is 0.0873. The minimum atomic E-state index is -1.16. The molecule has 2 rings (SSSR count). The fourth-order valence-electron chi connectivity index (χ4n) is 6.08. The molecule has 2 heterocycles. The van der Waals surface area contributed by atoms with Crippen LogP contribution in [-0.4, -0.2) is 118 Å². The zero-order valence-electron chi connectivity index (χ0n) is 30.0. The van der Waals surface area contributed by atoms with E-state index in [9.17, 15) is 43.5 Å². The topological polar surface area (TPSA) is 263 Å². The number of likely N-dealkylation sites (tertiary alicyclic amines) is 2. The molecule has 6 atom stereocenters. The number of nitrogens with zero attached hydrogens (tertiary/aromatic N) is 2. The van der Waals surface area contributed by atoms with Crippen molar-refractivity contribution < 1.29 is 43.5 Å². The summed E-state index contributed by atoms with van der Waals surface area (Å²) in [4.78, 5) is 105. The molecule has 0 unspecified atom stereocenters. The number of nitrogens with two attached hydrogens (primary N) is 2. The second kappa shape index (κ2) is 19.2. The van der Waals surface area contributed by atoms with Gasteiger partial charge in [0.05, 0.1) is 12.6 Å². The number of carboxylic acid groups (broad SMARTS) is 1. The number of amides is 7. The maximum atomic E-state index is 13.6. The molecule has 0 aliphatic carbocycles. The summed E-state index contributed by atoms with van der Waals surface area (Å²) < 4.78 is 0. The number of carbonyl (C=O) groups is 8. The zero-order valence-corrected chi connectivity index (χ0v) is 30.0. The minimum Gasteiger partial charge on any atom is -0.480 e. The molecular weight excluding hydrogens is 652 g/mol. The van der Waals surface area contributed by atoms with E-state index in [1.165, 1.54) is 9.80 Å². The van der Waals surface area contributed by atoms with Gasteiger partial charge in [0.25, 0.3) is 0 Å². The summed E-state index contributed by atoms with van der Waals surface area (Å²) in [6.07, 6.45) is 1.61. The first kappa shape index (κ1) is 41.9. The van der Waals surface area contributed by atoms with Gasteiger partial charge < -0.3 is 47.6 Å². The average molecular weight is 709 g/mol. The fourth-order valence-corrected chi connectivity index (χ4v) is 6.08. The minimum absolute atomic E-state index is 0.0199. The Balaban J connectivity index is 2.07. The molecule has 0 saturated carbocycles. The number of rotatable bonds is 18. The van der Waals surface area contributed by atoms with Crippen LogP contribution >= 0.6 is 0 Å². The first-order valence-corrected chi connectivity index (χ1v) is 17.4. The van der Waals surface area contributed by atoms with Crippen molar-refractivity contribution in [3.8, 4) is 0 Å². The van der Waals surface area contributed by atoms with E-state index in [2.05, 4.69) is 21.3 Å². The summed E-state index contributed by atoms with van der Waals surface area (Å²) in [5.74, 6) is -5.94. The van der Waals surface area contributed by atoms with Crippen LogP contribution in [-0.2, 0) is 38.4 Å². The van der Waals surface area contributed by atoms with Crippen molar-refractivity contribution in [3.05, 3.63) is 0 Å². The smallest absolute Gasteiger partial charge is 0.326 e. The van der Waals surface area contributed by atoms with Crippen LogP contribution in [0.5, 0.6) is 0 Å². The highest BCUT2D eigenvalue weighted by Crippen LogP contribution is 2.21. The molecule has 2 aliphatic rings. The third-order valence-electron chi connectivity index (χ3n) is 9.01. The van der Waals surface area contributed by atoms with Gasteiger partial charge in [-0.15, -0.1) is 0 Å². The molecule has 2 saturated heterocycles. The number of aliphatic carboxylic acids is 1. The highest BCUT2D eigenvalue weighted by molar-refractivity contribution is 5.97. The molecule has 0 aromatic heterocycles. The van der Waals surface area contributed by atoms with Crippen molar-refractivity contribution >= 4 is 47.3 Å². The lowest BCUT2D eigenvalue weighted by Gasteiger charge is -2.31. The maximum absolute atomic E-state index is 13.6. The molecule has 282 valence electrons. The van der Waals surface area contributed by atoms with E-state index in [1.54, 1.807) is 27.7 Å². The molecule has 0 bridgehead atoms. The van der Waals surface area contributed by atoms with Gasteiger partial charge >= 0.3 is 5.97 Å². The SMILES string of the molecule is CC(C)C[C@H](NC(=O)[C@@H]1CCCN1C(=O)CNC(=O)[C@@H](NC(=O)[C@@H]1CCCN1C(=O)[C@H](CCC(N)=O)NC(=O)[C@@H](N)C(C)C)C(C)C)C(=O)O. The van der Waals surface area contributed by atoms with Crippen molar-refractivity contribution in [2.45, 2.75) is 123 Å². The number of carbonyl (C=O) groups excluding carboxylic acids is 7. The second-order valence-electron chi connectivity index (χ2n) is 14.2. The van der Waals surface area contributed by atoms with Crippen molar-refractivity contribution in [2.75, 3.05) is 19.6 Å². The molecule has 0 spiro atoms. The van der Waals surface area contributed by atoms with E-state index in [0.717, 1.165) is 0 Å². The lowest BCUT2D eigenvalue weighted by atomic mass is 10.0. The molecular formula is C33H56N8O9. The Kier molecular flexibility index (Phi) is 16.1. The summed E-state index contributed by atoms with van der Waals surface area (Å²) in [5, 5.41) is 19.9. The van der Waals surface area contributed by atoms with Gasteiger partial charge in [0.15, 0.2) is 0 Å². The Labute approximate surface area is 293 Å². The molecule has 2 aliphatic heterocycles. The molecule has 2 fully saturated rings. The summed E-state index contributed by atoms with van der Waals surface area (Å²) in [7, 11) is 0. The van der Waals surface area contributed by atoms with E-state index in [4.69, 9.17) is 11.5 Å². The van der Waals surface area contributed by atoms with Crippen LogP contribution < -0.4 is 32.7 Å². The number of carboxylic acids is 1. The summed E-state index contributed by atoms with van der Waals surface area (Å²) in [5.41, 5.74) is 11.2. The Morgan fingerprint density at radius 1 is 0.760 bits per heavy atom. The van der Waals surface area contributed by atoms with E-state index in [-0.39, 0.29) is 44.2 Å². The predicted octanol–water partition coefficient (Wildman–Crippen LogP) is -1.43. The van der Waals surface area contributed by atoms with E-state index >= 15 is 0 Å². The van der Waals surface area contributed by atoms with Gasteiger partial charge in [0.1, 0.15) is 30.2 Å². The molecule has 7 amide bonds. The van der Waals surface area contributed by atoms with Gasteiger partial charge in [0, 0.05) is 19.5 Å². The van der Waals surface area contributed by atoms with E-state index in [1.807, 2.05) is 13.8 Å². The number of primary amides is 1. The Morgan fingerprint density at radius 3 is 1.84 bits per heavy atom. The lowest BCUT2D eigenvalue weighted by Crippen LogP contribution is -2.59. The van der Waals surface area contributed by atoms with Crippen LogP contribution in [0.2, 0.25) is 0 Å². The van der Waals surface area contributed by atoms with Crippen LogP contribution in [0.25, 0.3) is 0 Å². The van der Waals surface area contributed by atoms with Gasteiger partial charge in [-0.05, 0) is 56.3 Å². The normalized spacial score (nSPS) is 19.9. The van der Waals surface area contributed by atoms with Crippen LogP contribution in [0.4, 0.5) is 0 Å². The third kappa shape index (κ3) is 11.9. The second-order valence-corrected chi connectivity index (χ2v) is 14.2. The van der Waals surface area contributed by atoms with Gasteiger partial charge in [-0.2, -0.15) is 0 Å². The highest BCUT2D eigenvalue weighted by atomic mass is 16.4. The largest absolute Gasteiger partial charge is 0.480 e. The monoisotopic (exact) mass is 708 g/mol. The van der Waals surface area contributed by atoms with Crippen LogP contribution in [0.1, 0.15) is 86.5 Å². The summed E-state index contributed by atoms with van der Waals surface area (Å²) in [6, 6.07) is -6.06. The van der Waals surface area contributed by atoms with Gasteiger partial charge in [-0.3, -0.25) is 33.6 Å². The third-order valence-corrected chi connectivity index (χ3v) is 9.01. The molecule has 17 heteroatoms. The molecule has 0 radical (unpaired) electrons. The lowest BCUT2D eigenvalue weighted by molar-refractivity contribution is -0.144. The summed E-state index contributed by atoms with van der Waals surface area (Å²) >= 11 is 0. The fraction of sp³-hybridized carbons (Fsp3) is 0.758. The number of hydrogen-bond acceptors (Lipinski definition) is 9. The maximum Gasteiger partial charge on any atom is 0.326 e. The highest BCUT2D eigenvalue weighted by Gasteiger charge is 2.40. The molecule has 9 N–H and O–H groups in total. The van der Waals surface area contributed by atoms with Crippen molar-refractivity contribution in [3.63, 3.8) is 0 Å². The van der Waals surface area contributed by atoms with Gasteiger partial charge in [-0.1, -0.05) is 41.5 Å². The van der Waals surface area contributed by atoms with Crippen molar-refractivity contribution in [1.29, 1.82) is 0 Å². The zero-order chi connectivity index (χ0) is 37.9. The van der Waals surface area contributed by atoms with Crippen LogP contribution in [0, 0.1) is 17.8 Å². The van der Waals surface area contributed by atoms with Crippen LogP contribution in [0.3, 0.4) is 0 Å². The predicted molar refractivity (Wildman–Crippen MR) is 181 cm³/mol. The van der Waals surface area contributed by atoms with Crippen molar-refractivity contribution in [1.82, 2.24) is 31.1 Å². The standard InChI is InChI=1S/C33H56N8O9/c1-17(2)15-21(33(49)50)38-28(44)22-9-7-13-40(22)25(43)16-36-31(47)27(19(5)6)39-29(45)23-10-8-14-41(23)32(48)20(11-12-24(34)42)37-30(46)26(35)18(3)4/h17-23,26-27H,7-16,35H2,1-6H3,(H2,34,42)(H,36,47)(H,37,46)(H,38,44)(H,39,45)(H,49,50)/t20-,21-,22-,23-,26-,27-/m0/s1. The molecule has 17 nitrogen and oxygen atoms in total. The van der Waals surface area contributed by atoms with Crippen molar-refractivity contribution in [2.24, 2.45) is 29.2 Å². The van der Waals surface area contributed by atoms with E-state index < -0.39 is 96.0 Å². The van der Waals surface area contributed by atoms with Gasteiger partial charge in [0.2, 0.25) is 41.4 Å². The van der Waals surface area contributed by atoms with Crippen LogP contribution in [0.15, 0.2) is 0 Å². The Bertz CT molecular complexity index is 1270. The number of nitrogens with one attached hydrogen (secondary N) is 4. The first-order chi connectivity index (χ1) is 23.3. The average Bonchev–Trinajstić information content (AvgIpc) is 3.73. The first-order valence-electron chi connectivity index (χ1n) is 17.4. The molecule has 0 aromatic carbocycles. The van der Waals surface area contributed by atoms with Gasteiger partial charge in [-0.25, -0.2) is 4.79 Å².